The van der Waals surface area contributed by atoms with E-state index >= 15 is 0 Å². The van der Waals surface area contributed by atoms with E-state index in [2.05, 4.69) is 0 Å². The van der Waals surface area contributed by atoms with Crippen LogP contribution in [-0.4, -0.2) is 23.3 Å². The fourth-order valence-corrected chi connectivity index (χ4v) is 3.24. The number of ketones is 2. The fraction of sp³-hybridized carbons (Fsp3) is 0.625. The van der Waals surface area contributed by atoms with Crippen molar-refractivity contribution in [2.75, 3.05) is 6.61 Å². The third-order valence-corrected chi connectivity index (χ3v) is 4.75. The molecule has 1 N–H and O–H groups in total. The molecule has 3 nitrogen and oxygen atoms in total. The van der Waals surface area contributed by atoms with Gasteiger partial charge >= 0.3 is 0 Å². The highest BCUT2D eigenvalue weighted by molar-refractivity contribution is 6.24. The molecule has 0 radical (unpaired) electrons. The first-order valence-corrected chi connectivity index (χ1v) is 7.05. The summed E-state index contributed by atoms with van der Waals surface area (Å²) in [7, 11) is 0. The van der Waals surface area contributed by atoms with Gasteiger partial charge in [-0.3, -0.25) is 9.59 Å². The van der Waals surface area contributed by atoms with Crippen LogP contribution in [0, 0.1) is 11.8 Å². The summed E-state index contributed by atoms with van der Waals surface area (Å²) in [4.78, 5) is 24.6. The number of rotatable bonds is 2. The summed E-state index contributed by atoms with van der Waals surface area (Å²) in [5.41, 5.74) is 2.58. The maximum atomic E-state index is 12.4. The molecule has 104 valence electrons. The minimum absolute atomic E-state index is 0.0244. The fourth-order valence-electron chi connectivity index (χ4n) is 3.24. The summed E-state index contributed by atoms with van der Waals surface area (Å²) < 4.78 is 0. The van der Waals surface area contributed by atoms with Crippen molar-refractivity contribution >= 4 is 11.6 Å². The van der Waals surface area contributed by atoms with Crippen LogP contribution in [0.5, 0.6) is 0 Å². The molecular formula is C16H22O3. The van der Waals surface area contributed by atoms with Gasteiger partial charge in [-0.25, -0.2) is 0 Å². The van der Waals surface area contributed by atoms with Gasteiger partial charge in [-0.05, 0) is 58.3 Å². The summed E-state index contributed by atoms with van der Waals surface area (Å²) in [5.74, 6) is 0.644. The van der Waals surface area contributed by atoms with Gasteiger partial charge in [0.15, 0.2) is 11.6 Å². The van der Waals surface area contributed by atoms with Gasteiger partial charge in [0.25, 0.3) is 0 Å². The Labute approximate surface area is 114 Å². The predicted octanol–water partition coefficient (Wildman–Crippen LogP) is 2.59. The van der Waals surface area contributed by atoms with Crippen LogP contribution < -0.4 is 0 Å². The Kier molecular flexibility index (Phi) is 4.04. The lowest BCUT2D eigenvalue weighted by Gasteiger charge is -2.31. The molecule has 0 amide bonds. The molecule has 2 aliphatic carbocycles. The molecule has 0 bridgehead atoms. The number of hydrogen-bond acceptors (Lipinski definition) is 3. The second kappa shape index (κ2) is 5.41. The maximum Gasteiger partial charge on any atom is 0.185 e. The van der Waals surface area contributed by atoms with Crippen LogP contribution in [0.15, 0.2) is 22.3 Å². The van der Waals surface area contributed by atoms with E-state index in [-0.39, 0.29) is 24.1 Å². The van der Waals surface area contributed by atoms with Crippen molar-refractivity contribution < 1.29 is 14.7 Å². The summed E-state index contributed by atoms with van der Waals surface area (Å²) in [5, 5.41) is 9.17. The van der Waals surface area contributed by atoms with Gasteiger partial charge in [0, 0.05) is 28.9 Å². The van der Waals surface area contributed by atoms with Crippen LogP contribution in [0.1, 0.15) is 46.5 Å². The standard InChI is InChI=1S/C16H22O3/c1-9-10(2)16(19)14(11(3)15(9)18)13-6-4-12(8-17)5-7-13/h12-13,17H,4-8H2,1-3H3. The maximum absolute atomic E-state index is 12.4. The third-order valence-electron chi connectivity index (χ3n) is 4.75. The molecule has 0 aromatic rings. The van der Waals surface area contributed by atoms with Gasteiger partial charge in [-0.15, -0.1) is 0 Å². The van der Waals surface area contributed by atoms with Gasteiger partial charge < -0.3 is 5.11 Å². The number of carbonyl (C=O) groups is 2. The molecule has 0 saturated heterocycles. The molecule has 0 aromatic carbocycles. The first-order chi connectivity index (χ1) is 8.97. The van der Waals surface area contributed by atoms with E-state index in [9.17, 15) is 9.59 Å². The number of Topliss-reactive ketones (excluding diaryl/α,β-unsaturated/α-hetero) is 2. The minimum atomic E-state index is 0.0244. The SMILES string of the molecule is CC1=C(C)C(=O)C(C2CCC(CO)CC2)=C(C)C1=O. The zero-order chi connectivity index (χ0) is 14.2. The average Bonchev–Trinajstić information content (AvgIpc) is 2.44. The van der Waals surface area contributed by atoms with Crippen LogP contribution in [0.3, 0.4) is 0 Å². The molecule has 0 atom stereocenters. The molecule has 0 aromatic heterocycles. The van der Waals surface area contributed by atoms with E-state index in [1.54, 1.807) is 20.8 Å². The van der Waals surface area contributed by atoms with Crippen molar-refractivity contribution in [2.24, 2.45) is 11.8 Å². The van der Waals surface area contributed by atoms with Crippen molar-refractivity contribution in [1.82, 2.24) is 0 Å². The first kappa shape index (κ1) is 14.2. The Hall–Kier alpha value is -1.22. The Balaban J connectivity index is 2.25. The summed E-state index contributed by atoms with van der Waals surface area (Å²) in [6.45, 7) is 5.50. The zero-order valence-electron chi connectivity index (χ0n) is 12.0. The van der Waals surface area contributed by atoms with Gasteiger partial charge in [-0.2, -0.15) is 0 Å². The van der Waals surface area contributed by atoms with Crippen LogP contribution in [-0.2, 0) is 9.59 Å². The Morgan fingerprint density at radius 2 is 1.42 bits per heavy atom. The average molecular weight is 262 g/mol. The highest BCUT2D eigenvalue weighted by atomic mass is 16.3. The summed E-state index contributed by atoms with van der Waals surface area (Å²) in [6, 6.07) is 0. The van der Waals surface area contributed by atoms with Gasteiger partial charge in [0.2, 0.25) is 0 Å². The van der Waals surface area contributed by atoms with Crippen LogP contribution in [0.25, 0.3) is 0 Å². The molecule has 0 spiro atoms. The number of aliphatic hydroxyl groups is 1. The Morgan fingerprint density at radius 1 is 0.895 bits per heavy atom. The van der Waals surface area contributed by atoms with Crippen molar-refractivity contribution in [3.8, 4) is 0 Å². The molecule has 1 saturated carbocycles. The highest BCUT2D eigenvalue weighted by Crippen LogP contribution is 2.38. The van der Waals surface area contributed by atoms with E-state index in [4.69, 9.17) is 5.11 Å². The van der Waals surface area contributed by atoms with E-state index in [1.807, 2.05) is 0 Å². The Bertz CT molecular complexity index is 474. The molecule has 2 rings (SSSR count). The second-order valence-electron chi connectivity index (χ2n) is 5.85. The van der Waals surface area contributed by atoms with Crippen LogP contribution in [0.2, 0.25) is 0 Å². The first-order valence-electron chi connectivity index (χ1n) is 7.05. The minimum Gasteiger partial charge on any atom is -0.396 e. The third kappa shape index (κ3) is 2.44. The van der Waals surface area contributed by atoms with E-state index in [0.717, 1.165) is 31.3 Å². The number of carbonyl (C=O) groups excluding carboxylic acids is 2. The molecule has 0 aliphatic heterocycles. The monoisotopic (exact) mass is 262 g/mol. The lowest BCUT2D eigenvalue weighted by Crippen LogP contribution is -2.28. The lowest BCUT2D eigenvalue weighted by molar-refractivity contribution is -0.117. The van der Waals surface area contributed by atoms with Gasteiger partial charge in [-0.1, -0.05) is 0 Å². The van der Waals surface area contributed by atoms with Crippen LogP contribution >= 0.6 is 0 Å². The second-order valence-corrected chi connectivity index (χ2v) is 5.85. The highest BCUT2D eigenvalue weighted by Gasteiger charge is 2.34. The number of allylic oxidation sites excluding steroid dienone is 4. The lowest BCUT2D eigenvalue weighted by atomic mass is 9.72. The molecule has 1 fully saturated rings. The van der Waals surface area contributed by atoms with E-state index in [1.165, 1.54) is 0 Å². The van der Waals surface area contributed by atoms with Crippen molar-refractivity contribution in [3.63, 3.8) is 0 Å². The van der Waals surface area contributed by atoms with Crippen molar-refractivity contribution in [1.29, 1.82) is 0 Å². The van der Waals surface area contributed by atoms with Gasteiger partial charge in [0.05, 0.1) is 0 Å². The quantitative estimate of drug-likeness (QED) is 0.778. The zero-order valence-corrected chi connectivity index (χ0v) is 12.0. The van der Waals surface area contributed by atoms with Crippen LogP contribution in [0.4, 0.5) is 0 Å². The number of hydrogen-bond donors (Lipinski definition) is 1. The molecule has 3 heteroatoms. The van der Waals surface area contributed by atoms with Gasteiger partial charge in [0.1, 0.15) is 0 Å². The molecule has 0 heterocycles. The number of aliphatic hydroxyl groups excluding tert-OH is 1. The summed E-state index contributed by atoms with van der Waals surface area (Å²) in [6.07, 6.45) is 3.70. The largest absolute Gasteiger partial charge is 0.396 e. The smallest absolute Gasteiger partial charge is 0.185 e. The topological polar surface area (TPSA) is 54.4 Å². The normalized spacial score (nSPS) is 29.3. The molecular weight excluding hydrogens is 240 g/mol. The van der Waals surface area contributed by atoms with Crippen molar-refractivity contribution in [2.45, 2.75) is 46.5 Å². The Morgan fingerprint density at radius 3 is 1.95 bits per heavy atom. The predicted molar refractivity (Wildman–Crippen MR) is 73.6 cm³/mol. The molecule has 0 unspecified atom stereocenters. The van der Waals surface area contributed by atoms with E-state index in [0.29, 0.717) is 22.6 Å². The molecule has 2 aliphatic rings. The summed E-state index contributed by atoms with van der Waals surface area (Å²) >= 11 is 0. The molecule has 19 heavy (non-hydrogen) atoms. The van der Waals surface area contributed by atoms with E-state index < -0.39 is 0 Å². The van der Waals surface area contributed by atoms with Crippen molar-refractivity contribution in [3.05, 3.63) is 22.3 Å².